The maximum absolute atomic E-state index is 11.7. The van der Waals surface area contributed by atoms with E-state index in [-0.39, 0.29) is 35.9 Å². The van der Waals surface area contributed by atoms with Gasteiger partial charge in [-0.15, -0.1) is 0 Å². The number of carbonyl (C=O) groups is 3. The van der Waals surface area contributed by atoms with Gasteiger partial charge < -0.3 is 5.11 Å². The van der Waals surface area contributed by atoms with E-state index < -0.39 is 5.97 Å². The van der Waals surface area contributed by atoms with E-state index in [1.54, 1.807) is 12.1 Å². The van der Waals surface area contributed by atoms with Crippen molar-refractivity contribution in [2.75, 3.05) is 4.90 Å². The Morgan fingerprint density at radius 1 is 1.12 bits per heavy atom. The number of amides is 2. The molecule has 1 N–H and O–H groups in total. The predicted molar refractivity (Wildman–Crippen MR) is 59.7 cm³/mol. The summed E-state index contributed by atoms with van der Waals surface area (Å²) in [6, 6.07) is 6.03. The van der Waals surface area contributed by atoms with Crippen molar-refractivity contribution in [1.82, 2.24) is 0 Å². The highest BCUT2D eigenvalue weighted by molar-refractivity contribution is 6.18. The standard InChI is InChI=1S/C12H11NO4/c14-10-6-3-7-11(15)13(10)9-5-2-1-4-8(9)12(16)17/h1-2,4-5H,3,6-7H2,(H,16,17). The van der Waals surface area contributed by atoms with E-state index in [0.29, 0.717) is 6.42 Å². The van der Waals surface area contributed by atoms with Gasteiger partial charge in [0, 0.05) is 12.8 Å². The third-order valence-electron chi connectivity index (χ3n) is 2.66. The van der Waals surface area contributed by atoms with Crippen molar-refractivity contribution in [3.8, 4) is 0 Å². The van der Waals surface area contributed by atoms with Gasteiger partial charge >= 0.3 is 5.97 Å². The molecule has 1 aromatic rings. The van der Waals surface area contributed by atoms with Crippen LogP contribution in [-0.4, -0.2) is 22.9 Å². The summed E-state index contributed by atoms with van der Waals surface area (Å²) in [6.45, 7) is 0. The molecule has 1 aliphatic heterocycles. The topological polar surface area (TPSA) is 74.7 Å². The summed E-state index contributed by atoms with van der Waals surface area (Å²) in [5, 5.41) is 9.02. The second kappa shape index (κ2) is 4.37. The van der Waals surface area contributed by atoms with E-state index in [2.05, 4.69) is 0 Å². The second-order valence-electron chi connectivity index (χ2n) is 3.80. The number of hydrogen-bond acceptors (Lipinski definition) is 3. The van der Waals surface area contributed by atoms with Crippen LogP contribution in [0, 0.1) is 0 Å². The van der Waals surface area contributed by atoms with Gasteiger partial charge in [-0.3, -0.25) is 9.59 Å². The summed E-state index contributed by atoms with van der Waals surface area (Å²) >= 11 is 0. The summed E-state index contributed by atoms with van der Waals surface area (Å²) in [6.07, 6.45) is 1.09. The van der Waals surface area contributed by atoms with E-state index in [4.69, 9.17) is 5.11 Å². The van der Waals surface area contributed by atoms with Gasteiger partial charge in [-0.25, -0.2) is 9.69 Å². The lowest BCUT2D eigenvalue weighted by atomic mass is 10.1. The summed E-state index contributed by atoms with van der Waals surface area (Å²) < 4.78 is 0. The Kier molecular flexibility index (Phi) is 2.91. The molecule has 2 rings (SSSR count). The van der Waals surface area contributed by atoms with Crippen LogP contribution in [0.25, 0.3) is 0 Å². The van der Waals surface area contributed by atoms with Crippen LogP contribution in [0.1, 0.15) is 29.6 Å². The molecule has 88 valence electrons. The first-order valence-corrected chi connectivity index (χ1v) is 5.29. The molecule has 1 saturated heterocycles. The lowest BCUT2D eigenvalue weighted by Gasteiger charge is -2.25. The molecule has 0 spiro atoms. The van der Waals surface area contributed by atoms with E-state index in [1.807, 2.05) is 0 Å². The number of carbonyl (C=O) groups excluding carboxylic acids is 2. The number of hydrogen-bond donors (Lipinski definition) is 1. The Bertz CT molecular complexity index is 479. The largest absolute Gasteiger partial charge is 0.478 e. The number of carboxylic acid groups (broad SMARTS) is 1. The second-order valence-corrected chi connectivity index (χ2v) is 3.80. The number of benzene rings is 1. The zero-order chi connectivity index (χ0) is 12.4. The van der Waals surface area contributed by atoms with Gasteiger partial charge in [0.15, 0.2) is 0 Å². The SMILES string of the molecule is O=C(O)c1ccccc1N1C(=O)CCCC1=O. The Labute approximate surface area is 97.7 Å². The summed E-state index contributed by atoms with van der Waals surface area (Å²) in [5.41, 5.74) is 0.130. The van der Waals surface area contributed by atoms with Gasteiger partial charge in [-0.1, -0.05) is 12.1 Å². The fourth-order valence-electron chi connectivity index (χ4n) is 1.87. The zero-order valence-electron chi connectivity index (χ0n) is 9.05. The third-order valence-corrected chi connectivity index (χ3v) is 2.66. The molecule has 0 aromatic heterocycles. The molecular formula is C12H11NO4. The van der Waals surface area contributed by atoms with Crippen LogP contribution in [0.3, 0.4) is 0 Å². The minimum absolute atomic E-state index is 0.0314. The predicted octanol–water partition coefficient (Wildman–Crippen LogP) is 1.43. The van der Waals surface area contributed by atoms with Crippen molar-refractivity contribution in [2.45, 2.75) is 19.3 Å². The minimum atomic E-state index is -1.15. The molecule has 0 atom stereocenters. The smallest absolute Gasteiger partial charge is 0.337 e. The Hall–Kier alpha value is -2.17. The molecule has 2 amide bonds. The summed E-state index contributed by atoms with van der Waals surface area (Å²) in [4.78, 5) is 35.4. The molecule has 0 unspecified atom stereocenters. The lowest BCUT2D eigenvalue weighted by molar-refractivity contribution is -0.129. The highest BCUT2D eigenvalue weighted by Crippen LogP contribution is 2.25. The number of piperidine rings is 1. The van der Waals surface area contributed by atoms with Gasteiger partial charge in [-0.2, -0.15) is 0 Å². The van der Waals surface area contributed by atoms with Crippen LogP contribution in [0.5, 0.6) is 0 Å². The van der Waals surface area contributed by atoms with E-state index in [9.17, 15) is 14.4 Å². The van der Waals surface area contributed by atoms with Gasteiger partial charge in [-0.05, 0) is 18.6 Å². The molecule has 0 radical (unpaired) electrons. The van der Waals surface area contributed by atoms with Crippen LogP contribution in [0.4, 0.5) is 5.69 Å². The molecule has 0 aliphatic carbocycles. The highest BCUT2D eigenvalue weighted by atomic mass is 16.4. The number of nitrogens with zero attached hydrogens (tertiary/aromatic N) is 1. The summed E-state index contributed by atoms with van der Waals surface area (Å²) in [7, 11) is 0. The van der Waals surface area contributed by atoms with E-state index in [0.717, 1.165) is 4.90 Å². The molecule has 1 aliphatic rings. The molecule has 1 heterocycles. The van der Waals surface area contributed by atoms with Crippen LogP contribution in [0.2, 0.25) is 0 Å². The van der Waals surface area contributed by atoms with Gasteiger partial charge in [0.2, 0.25) is 11.8 Å². The first-order valence-electron chi connectivity index (χ1n) is 5.29. The van der Waals surface area contributed by atoms with Gasteiger partial charge in [0.1, 0.15) is 0 Å². The summed E-state index contributed by atoms with van der Waals surface area (Å²) in [5.74, 6) is -1.82. The van der Waals surface area contributed by atoms with Gasteiger partial charge in [0.05, 0.1) is 11.3 Å². The maximum Gasteiger partial charge on any atom is 0.337 e. The quantitative estimate of drug-likeness (QED) is 0.784. The monoisotopic (exact) mass is 233 g/mol. The van der Waals surface area contributed by atoms with Crippen LogP contribution < -0.4 is 4.90 Å². The van der Waals surface area contributed by atoms with Crippen LogP contribution in [-0.2, 0) is 9.59 Å². The van der Waals surface area contributed by atoms with Crippen molar-refractivity contribution >= 4 is 23.5 Å². The Morgan fingerprint density at radius 2 is 1.71 bits per heavy atom. The van der Waals surface area contributed by atoms with Crippen molar-refractivity contribution in [3.05, 3.63) is 29.8 Å². The average molecular weight is 233 g/mol. The number of imide groups is 1. The average Bonchev–Trinajstić information content (AvgIpc) is 2.29. The number of anilines is 1. The van der Waals surface area contributed by atoms with E-state index in [1.165, 1.54) is 12.1 Å². The fourth-order valence-corrected chi connectivity index (χ4v) is 1.87. The molecule has 5 heteroatoms. The molecule has 17 heavy (non-hydrogen) atoms. The van der Waals surface area contributed by atoms with E-state index >= 15 is 0 Å². The maximum atomic E-state index is 11.7. The van der Waals surface area contributed by atoms with Crippen molar-refractivity contribution < 1.29 is 19.5 Å². The highest BCUT2D eigenvalue weighted by Gasteiger charge is 2.29. The Balaban J connectivity index is 2.48. The molecule has 5 nitrogen and oxygen atoms in total. The zero-order valence-corrected chi connectivity index (χ0v) is 9.05. The van der Waals surface area contributed by atoms with Crippen LogP contribution >= 0.6 is 0 Å². The number of carboxylic acids is 1. The normalized spacial score (nSPS) is 16.1. The van der Waals surface area contributed by atoms with Crippen molar-refractivity contribution in [1.29, 1.82) is 0 Å². The Morgan fingerprint density at radius 3 is 2.29 bits per heavy atom. The first-order chi connectivity index (χ1) is 8.11. The number of aromatic carboxylic acids is 1. The molecule has 1 fully saturated rings. The van der Waals surface area contributed by atoms with Crippen molar-refractivity contribution in [2.24, 2.45) is 0 Å². The fraction of sp³-hybridized carbons (Fsp3) is 0.250. The van der Waals surface area contributed by atoms with Crippen LogP contribution in [0.15, 0.2) is 24.3 Å². The molecule has 0 saturated carbocycles. The van der Waals surface area contributed by atoms with Gasteiger partial charge in [0.25, 0.3) is 0 Å². The third kappa shape index (κ3) is 2.04. The molecule has 1 aromatic carbocycles. The minimum Gasteiger partial charge on any atom is -0.478 e. The lowest BCUT2D eigenvalue weighted by Crippen LogP contribution is -2.41. The van der Waals surface area contributed by atoms with Crippen molar-refractivity contribution in [3.63, 3.8) is 0 Å². The molecule has 0 bridgehead atoms. The molecular weight excluding hydrogens is 222 g/mol. The number of para-hydroxylation sites is 1. The number of rotatable bonds is 2. The first kappa shape index (κ1) is 11.3.